The molecule has 6 nitrogen and oxygen atoms in total. The molecule has 2 atom stereocenters. The molecule has 0 aromatic carbocycles. The maximum Gasteiger partial charge on any atom is 0.243 e. The Bertz CT molecular complexity index is 413. The number of hydrogen-bond donors (Lipinski definition) is 1. The van der Waals surface area contributed by atoms with Crippen LogP contribution in [0.2, 0.25) is 0 Å². The van der Waals surface area contributed by atoms with Crippen molar-refractivity contribution in [1.82, 2.24) is 19.9 Å². The fourth-order valence-electron chi connectivity index (χ4n) is 2.45. The molecular weight excluding hydrogens is 274 g/mol. The van der Waals surface area contributed by atoms with Crippen molar-refractivity contribution in [1.29, 1.82) is 0 Å². The van der Waals surface area contributed by atoms with Gasteiger partial charge in [0.1, 0.15) is 0 Å². The molecule has 1 aromatic heterocycles. The maximum absolute atomic E-state index is 6.08. The summed E-state index contributed by atoms with van der Waals surface area (Å²) in [6, 6.07) is 0.0327. The highest BCUT2D eigenvalue weighted by Gasteiger charge is 2.27. The Morgan fingerprint density at radius 2 is 2.25 bits per heavy atom. The minimum atomic E-state index is -0.155. The number of aromatic nitrogens is 2. The highest BCUT2D eigenvalue weighted by Crippen LogP contribution is 2.22. The van der Waals surface area contributed by atoms with E-state index in [2.05, 4.69) is 40.3 Å². The molecule has 1 unspecified atom stereocenters. The molecule has 0 radical (unpaired) electrons. The molecule has 2 N–H and O–H groups in total. The molecule has 1 aliphatic rings. The number of rotatable bonds is 5. The van der Waals surface area contributed by atoms with Gasteiger partial charge in [-0.1, -0.05) is 5.16 Å². The third-order valence-electron chi connectivity index (χ3n) is 3.77. The molecule has 114 valence electrons. The van der Waals surface area contributed by atoms with Crippen LogP contribution in [0.5, 0.6) is 0 Å². The average Bonchev–Trinajstić information content (AvgIpc) is 2.85. The second kappa shape index (κ2) is 7.40. The van der Waals surface area contributed by atoms with Gasteiger partial charge in [0.25, 0.3) is 0 Å². The van der Waals surface area contributed by atoms with Crippen molar-refractivity contribution in [3.05, 3.63) is 11.7 Å². The van der Waals surface area contributed by atoms with Crippen molar-refractivity contribution in [2.24, 2.45) is 5.73 Å². The van der Waals surface area contributed by atoms with Crippen molar-refractivity contribution >= 4 is 11.8 Å². The Morgan fingerprint density at radius 3 is 3.00 bits per heavy atom. The predicted molar refractivity (Wildman–Crippen MR) is 81.7 cm³/mol. The van der Waals surface area contributed by atoms with Gasteiger partial charge in [0.2, 0.25) is 5.89 Å². The monoisotopic (exact) mass is 299 g/mol. The first-order valence-electron chi connectivity index (χ1n) is 7.08. The summed E-state index contributed by atoms with van der Waals surface area (Å²) in [6.07, 6.45) is 4.10. The third kappa shape index (κ3) is 3.94. The van der Waals surface area contributed by atoms with E-state index in [0.29, 0.717) is 5.89 Å². The minimum absolute atomic E-state index is 0.155. The second-order valence-corrected chi connectivity index (χ2v) is 6.48. The summed E-state index contributed by atoms with van der Waals surface area (Å²) in [4.78, 5) is 9.15. The first-order chi connectivity index (χ1) is 9.61. The van der Waals surface area contributed by atoms with E-state index < -0.39 is 0 Å². The zero-order chi connectivity index (χ0) is 14.5. The number of nitrogens with zero attached hydrogens (tertiary/aromatic N) is 4. The van der Waals surface area contributed by atoms with Gasteiger partial charge < -0.3 is 15.2 Å². The SMILES string of the molecule is CSCC[C@H](N)c1nc(C2CN(C)CCCN2C)no1. The minimum Gasteiger partial charge on any atom is -0.338 e. The summed E-state index contributed by atoms with van der Waals surface area (Å²) in [5.74, 6) is 2.33. The van der Waals surface area contributed by atoms with Crippen molar-refractivity contribution < 1.29 is 4.52 Å². The van der Waals surface area contributed by atoms with Gasteiger partial charge in [0, 0.05) is 6.54 Å². The molecule has 0 spiro atoms. The Kier molecular flexibility index (Phi) is 5.83. The number of thioether (sulfide) groups is 1. The van der Waals surface area contributed by atoms with Gasteiger partial charge in [0.05, 0.1) is 12.1 Å². The van der Waals surface area contributed by atoms with Crippen molar-refractivity contribution in [3.63, 3.8) is 0 Å². The van der Waals surface area contributed by atoms with Crippen LogP contribution in [0.3, 0.4) is 0 Å². The highest BCUT2D eigenvalue weighted by molar-refractivity contribution is 7.98. The zero-order valence-corrected chi connectivity index (χ0v) is 13.4. The molecule has 0 bridgehead atoms. The molecule has 1 aromatic rings. The third-order valence-corrected chi connectivity index (χ3v) is 4.42. The molecule has 2 rings (SSSR count). The largest absolute Gasteiger partial charge is 0.338 e. The first kappa shape index (κ1) is 15.8. The molecule has 2 heterocycles. The van der Waals surface area contributed by atoms with Crippen LogP contribution in [0.4, 0.5) is 0 Å². The Labute approximate surface area is 125 Å². The normalized spacial score (nSPS) is 23.7. The van der Waals surface area contributed by atoms with Crippen LogP contribution in [0.1, 0.15) is 36.6 Å². The summed E-state index contributed by atoms with van der Waals surface area (Å²) in [7, 11) is 4.25. The van der Waals surface area contributed by atoms with E-state index in [4.69, 9.17) is 10.3 Å². The molecular formula is C13H25N5OS. The lowest BCUT2D eigenvalue weighted by Gasteiger charge is -2.24. The van der Waals surface area contributed by atoms with E-state index >= 15 is 0 Å². The van der Waals surface area contributed by atoms with Gasteiger partial charge >= 0.3 is 0 Å². The first-order valence-corrected chi connectivity index (χ1v) is 8.48. The van der Waals surface area contributed by atoms with E-state index in [1.807, 2.05) is 0 Å². The van der Waals surface area contributed by atoms with Gasteiger partial charge in [-0.15, -0.1) is 0 Å². The molecule has 1 saturated heterocycles. The van der Waals surface area contributed by atoms with Gasteiger partial charge in [-0.05, 0) is 52.0 Å². The molecule has 0 amide bonds. The van der Waals surface area contributed by atoms with Crippen molar-refractivity contribution in [2.75, 3.05) is 45.7 Å². The molecule has 0 saturated carbocycles. The number of nitrogens with two attached hydrogens (primary N) is 1. The van der Waals surface area contributed by atoms with E-state index in [0.717, 1.165) is 37.6 Å². The summed E-state index contributed by atoms with van der Waals surface area (Å²) in [5.41, 5.74) is 6.08. The second-order valence-electron chi connectivity index (χ2n) is 5.49. The van der Waals surface area contributed by atoms with Crippen LogP contribution in [-0.4, -0.2) is 65.7 Å². The van der Waals surface area contributed by atoms with E-state index in [9.17, 15) is 0 Å². The fourth-order valence-corrected chi connectivity index (χ4v) is 2.94. The Hall–Kier alpha value is -0.630. The summed E-state index contributed by atoms with van der Waals surface area (Å²) in [6.45, 7) is 3.09. The smallest absolute Gasteiger partial charge is 0.243 e. The van der Waals surface area contributed by atoms with Crippen LogP contribution >= 0.6 is 11.8 Å². The lowest BCUT2D eigenvalue weighted by Crippen LogP contribution is -2.31. The van der Waals surface area contributed by atoms with Crippen LogP contribution in [-0.2, 0) is 0 Å². The summed E-state index contributed by atoms with van der Waals surface area (Å²) < 4.78 is 5.36. The standard InChI is InChI=1S/C13H25N5OS/c1-17-6-4-7-18(2)11(9-17)12-15-13(19-16-12)10(14)5-8-20-3/h10-11H,4-9,14H2,1-3H3/t10-,11?/m0/s1. The zero-order valence-electron chi connectivity index (χ0n) is 12.6. The quantitative estimate of drug-likeness (QED) is 0.874. The summed E-state index contributed by atoms with van der Waals surface area (Å²) in [5, 5.41) is 4.15. The maximum atomic E-state index is 6.08. The topological polar surface area (TPSA) is 71.4 Å². The van der Waals surface area contributed by atoms with Crippen LogP contribution < -0.4 is 5.73 Å². The fraction of sp³-hybridized carbons (Fsp3) is 0.846. The Balaban J connectivity index is 2.06. The van der Waals surface area contributed by atoms with E-state index in [1.54, 1.807) is 11.8 Å². The Morgan fingerprint density at radius 1 is 1.45 bits per heavy atom. The molecule has 0 aliphatic carbocycles. The van der Waals surface area contributed by atoms with Gasteiger partial charge in [-0.2, -0.15) is 16.7 Å². The van der Waals surface area contributed by atoms with Crippen LogP contribution in [0.15, 0.2) is 4.52 Å². The number of likely N-dealkylation sites (N-methyl/N-ethyl adjacent to an activating group) is 2. The van der Waals surface area contributed by atoms with Crippen LogP contribution in [0.25, 0.3) is 0 Å². The van der Waals surface area contributed by atoms with Crippen molar-refractivity contribution in [2.45, 2.75) is 24.9 Å². The van der Waals surface area contributed by atoms with Crippen molar-refractivity contribution in [3.8, 4) is 0 Å². The highest BCUT2D eigenvalue weighted by atomic mass is 32.2. The van der Waals surface area contributed by atoms with Gasteiger partial charge in [-0.25, -0.2) is 0 Å². The average molecular weight is 299 g/mol. The lowest BCUT2D eigenvalue weighted by molar-refractivity contribution is 0.214. The molecule has 1 fully saturated rings. The van der Waals surface area contributed by atoms with Crippen LogP contribution in [0, 0.1) is 0 Å². The molecule has 20 heavy (non-hydrogen) atoms. The van der Waals surface area contributed by atoms with E-state index in [1.165, 1.54) is 6.42 Å². The molecule has 1 aliphatic heterocycles. The predicted octanol–water partition coefficient (Wildman–Crippen LogP) is 1.13. The van der Waals surface area contributed by atoms with Gasteiger partial charge in [-0.3, -0.25) is 4.90 Å². The lowest BCUT2D eigenvalue weighted by atomic mass is 10.2. The summed E-state index contributed by atoms with van der Waals surface area (Å²) >= 11 is 1.78. The number of hydrogen-bond acceptors (Lipinski definition) is 7. The van der Waals surface area contributed by atoms with E-state index in [-0.39, 0.29) is 12.1 Å². The van der Waals surface area contributed by atoms with Gasteiger partial charge in [0.15, 0.2) is 5.82 Å². The molecule has 7 heteroatoms.